The van der Waals surface area contributed by atoms with Crippen LogP contribution in [0, 0.1) is 20.8 Å². The zero-order valence-electron chi connectivity index (χ0n) is 21.1. The van der Waals surface area contributed by atoms with Crippen LogP contribution in [0.4, 0.5) is 0 Å². The number of hydrogen-bond acceptors (Lipinski definition) is 3. The third-order valence-electron chi connectivity index (χ3n) is 6.68. The first-order chi connectivity index (χ1) is 15.6. The van der Waals surface area contributed by atoms with E-state index in [0.29, 0.717) is 6.54 Å². The van der Waals surface area contributed by atoms with E-state index in [-0.39, 0.29) is 5.41 Å². The average molecular weight is 438 g/mol. The maximum absolute atomic E-state index is 4.80. The molecule has 0 N–H and O–H groups in total. The van der Waals surface area contributed by atoms with Crippen molar-refractivity contribution < 1.29 is 0 Å². The number of pyridine rings is 1. The minimum atomic E-state index is 0.106. The molecule has 4 rings (SSSR count). The van der Waals surface area contributed by atoms with Crippen molar-refractivity contribution in [2.24, 2.45) is 5.10 Å². The van der Waals surface area contributed by atoms with Gasteiger partial charge in [-0.25, -0.2) is 0 Å². The molecule has 0 fully saturated rings. The van der Waals surface area contributed by atoms with E-state index in [0.717, 1.165) is 23.4 Å². The van der Waals surface area contributed by atoms with Gasteiger partial charge in [-0.05, 0) is 89.8 Å². The summed E-state index contributed by atoms with van der Waals surface area (Å²) in [6, 6.07) is 13.4. The Hall–Kier alpha value is -3.20. The first-order valence-corrected chi connectivity index (χ1v) is 11.8. The van der Waals surface area contributed by atoms with Crippen molar-refractivity contribution in [1.82, 2.24) is 9.99 Å². The first-order valence-electron chi connectivity index (χ1n) is 11.8. The molecule has 0 bridgehead atoms. The number of hydrogen-bond donors (Lipinski definition) is 0. The number of hydrazone groups is 1. The van der Waals surface area contributed by atoms with Gasteiger partial charge in [0.2, 0.25) is 0 Å². The lowest BCUT2D eigenvalue weighted by molar-refractivity contribution is 0.413. The zero-order valence-corrected chi connectivity index (χ0v) is 21.1. The summed E-state index contributed by atoms with van der Waals surface area (Å²) >= 11 is 0. The molecule has 0 saturated carbocycles. The summed E-state index contributed by atoms with van der Waals surface area (Å²) in [5.74, 6) is 0. The van der Waals surface area contributed by atoms with Crippen molar-refractivity contribution in [2.45, 2.75) is 66.8 Å². The van der Waals surface area contributed by atoms with Crippen LogP contribution in [0.5, 0.6) is 0 Å². The van der Waals surface area contributed by atoms with Gasteiger partial charge >= 0.3 is 0 Å². The Morgan fingerprint density at radius 1 is 0.909 bits per heavy atom. The molecular weight excluding hydrogens is 402 g/mol. The van der Waals surface area contributed by atoms with E-state index in [2.05, 4.69) is 96.4 Å². The van der Waals surface area contributed by atoms with Crippen LogP contribution in [0.1, 0.15) is 72.3 Å². The van der Waals surface area contributed by atoms with Crippen molar-refractivity contribution in [2.75, 3.05) is 0 Å². The maximum Gasteiger partial charge on any atom is 0.0671 e. The van der Waals surface area contributed by atoms with Crippen molar-refractivity contribution in [3.05, 3.63) is 93.8 Å². The summed E-state index contributed by atoms with van der Waals surface area (Å²) in [5.41, 5.74) is 13.4. The molecule has 0 radical (unpaired) electrons. The Balaban J connectivity index is 1.64. The SMILES string of the molecule is C=C1c2c(C)cc(C(C)(C)C)cc2C=NN1Cc1c(C)cc(-c2ccnc(CC)c2)cc1C. The van der Waals surface area contributed by atoms with E-state index in [1.165, 1.54) is 44.5 Å². The Morgan fingerprint density at radius 2 is 1.61 bits per heavy atom. The van der Waals surface area contributed by atoms with Gasteiger partial charge in [0, 0.05) is 23.0 Å². The third-order valence-corrected chi connectivity index (χ3v) is 6.68. The molecule has 0 spiro atoms. The molecule has 1 aliphatic heterocycles. The van der Waals surface area contributed by atoms with Crippen molar-refractivity contribution in [3.8, 4) is 11.1 Å². The summed E-state index contributed by atoms with van der Waals surface area (Å²) in [4.78, 5) is 4.44. The summed E-state index contributed by atoms with van der Waals surface area (Å²) in [6.45, 7) is 20.6. The number of aryl methyl sites for hydroxylation is 4. The van der Waals surface area contributed by atoms with Crippen LogP contribution >= 0.6 is 0 Å². The molecule has 3 heteroatoms. The molecule has 2 heterocycles. The van der Waals surface area contributed by atoms with E-state index in [1.54, 1.807) is 0 Å². The zero-order chi connectivity index (χ0) is 23.9. The lowest BCUT2D eigenvalue weighted by atomic mass is 9.83. The van der Waals surface area contributed by atoms with E-state index in [9.17, 15) is 0 Å². The average Bonchev–Trinajstić information content (AvgIpc) is 2.76. The lowest BCUT2D eigenvalue weighted by Crippen LogP contribution is -2.23. The molecule has 1 aromatic heterocycles. The van der Waals surface area contributed by atoms with Crippen molar-refractivity contribution in [3.63, 3.8) is 0 Å². The number of fused-ring (bicyclic) bond motifs is 1. The molecule has 1 aliphatic rings. The van der Waals surface area contributed by atoms with Gasteiger partial charge in [-0.1, -0.05) is 52.5 Å². The van der Waals surface area contributed by atoms with E-state index in [4.69, 9.17) is 5.10 Å². The summed E-state index contributed by atoms with van der Waals surface area (Å²) < 4.78 is 0. The van der Waals surface area contributed by atoms with Crippen LogP contribution in [0.25, 0.3) is 16.8 Å². The highest BCUT2D eigenvalue weighted by Gasteiger charge is 2.23. The van der Waals surface area contributed by atoms with Gasteiger partial charge in [0.25, 0.3) is 0 Å². The summed E-state index contributed by atoms with van der Waals surface area (Å²) in [5, 5.41) is 6.84. The van der Waals surface area contributed by atoms with E-state index in [1.807, 2.05) is 17.4 Å². The topological polar surface area (TPSA) is 28.5 Å². The predicted molar refractivity (Wildman–Crippen MR) is 141 cm³/mol. The smallest absolute Gasteiger partial charge is 0.0671 e. The van der Waals surface area contributed by atoms with Gasteiger partial charge < -0.3 is 0 Å². The second kappa shape index (κ2) is 8.62. The molecule has 0 unspecified atom stereocenters. The highest BCUT2D eigenvalue weighted by molar-refractivity contribution is 5.91. The van der Waals surface area contributed by atoms with Crippen LogP contribution in [-0.4, -0.2) is 16.2 Å². The number of rotatable bonds is 4. The van der Waals surface area contributed by atoms with Gasteiger partial charge in [0.05, 0.1) is 18.5 Å². The van der Waals surface area contributed by atoms with Gasteiger partial charge in [-0.2, -0.15) is 5.10 Å². The molecular formula is C30H35N3. The highest BCUT2D eigenvalue weighted by atomic mass is 15.5. The molecule has 0 amide bonds. The number of benzene rings is 2. The fourth-order valence-electron chi connectivity index (χ4n) is 4.62. The monoisotopic (exact) mass is 437 g/mol. The first kappa shape index (κ1) is 23.0. The minimum Gasteiger partial charge on any atom is -0.261 e. The Bertz CT molecular complexity index is 1240. The van der Waals surface area contributed by atoms with Crippen LogP contribution in [0.15, 0.2) is 54.3 Å². The van der Waals surface area contributed by atoms with Crippen molar-refractivity contribution in [1.29, 1.82) is 0 Å². The quantitative estimate of drug-likeness (QED) is 0.427. The molecule has 3 aromatic rings. The molecule has 2 aromatic carbocycles. The normalized spacial score (nSPS) is 13.4. The van der Waals surface area contributed by atoms with Gasteiger partial charge in [-0.3, -0.25) is 9.99 Å². The standard InChI is InChI=1S/C30H35N3/c1-9-27-16-23(10-11-31-27)24-12-19(2)28(20(3)13-24)18-33-22(5)29-21(4)14-26(30(6,7)8)15-25(29)17-32-33/h10-17H,5,9,18H2,1-4,6-8H3. The van der Waals surface area contributed by atoms with Gasteiger partial charge in [0.1, 0.15) is 0 Å². The van der Waals surface area contributed by atoms with Crippen LogP contribution in [0.2, 0.25) is 0 Å². The Morgan fingerprint density at radius 3 is 2.24 bits per heavy atom. The van der Waals surface area contributed by atoms with Crippen LogP contribution in [0.3, 0.4) is 0 Å². The van der Waals surface area contributed by atoms with Crippen molar-refractivity contribution >= 4 is 11.9 Å². The molecule has 0 atom stereocenters. The fraction of sp³-hybridized carbons (Fsp3) is 0.333. The molecule has 0 aliphatic carbocycles. The molecule has 33 heavy (non-hydrogen) atoms. The minimum absolute atomic E-state index is 0.106. The van der Waals surface area contributed by atoms with Crippen LogP contribution in [-0.2, 0) is 18.4 Å². The van der Waals surface area contributed by atoms with Crippen LogP contribution < -0.4 is 0 Å². The number of aromatic nitrogens is 1. The maximum atomic E-state index is 4.80. The summed E-state index contributed by atoms with van der Waals surface area (Å²) in [6.07, 6.45) is 4.84. The van der Waals surface area contributed by atoms with E-state index >= 15 is 0 Å². The second-order valence-electron chi connectivity index (χ2n) is 10.2. The Labute approximate surface area is 198 Å². The summed E-state index contributed by atoms with van der Waals surface area (Å²) in [7, 11) is 0. The Kier molecular flexibility index (Phi) is 6.00. The highest BCUT2D eigenvalue weighted by Crippen LogP contribution is 2.35. The predicted octanol–water partition coefficient (Wildman–Crippen LogP) is 7.35. The molecule has 0 saturated heterocycles. The fourth-order valence-corrected chi connectivity index (χ4v) is 4.62. The van der Waals surface area contributed by atoms with Gasteiger partial charge in [-0.15, -0.1) is 0 Å². The lowest BCUT2D eigenvalue weighted by Gasteiger charge is -2.30. The number of nitrogens with zero attached hydrogens (tertiary/aromatic N) is 3. The van der Waals surface area contributed by atoms with E-state index < -0.39 is 0 Å². The third kappa shape index (κ3) is 4.50. The second-order valence-corrected chi connectivity index (χ2v) is 10.2. The molecule has 3 nitrogen and oxygen atoms in total. The molecule has 170 valence electrons. The largest absolute Gasteiger partial charge is 0.261 e. The van der Waals surface area contributed by atoms with Gasteiger partial charge in [0.15, 0.2) is 0 Å².